The van der Waals surface area contributed by atoms with Gasteiger partial charge in [0.25, 0.3) is 0 Å². The molecule has 1 N–H and O–H groups in total. The van der Waals surface area contributed by atoms with Gasteiger partial charge in [-0.15, -0.1) is 0 Å². The van der Waals surface area contributed by atoms with E-state index in [1.54, 1.807) is 0 Å². The van der Waals surface area contributed by atoms with Crippen LogP contribution in [0.4, 0.5) is 0 Å². The first-order valence-corrected chi connectivity index (χ1v) is 7.82. The summed E-state index contributed by atoms with van der Waals surface area (Å²) in [6.45, 7) is 19.7. The van der Waals surface area contributed by atoms with Crippen molar-refractivity contribution < 1.29 is 9.94 Å². The van der Waals surface area contributed by atoms with Gasteiger partial charge in [0.15, 0.2) is 0 Å². The Balaban J connectivity index is 2.93. The minimum Gasteiger partial charge on any atom is -0.393 e. The van der Waals surface area contributed by atoms with E-state index >= 15 is 0 Å². The summed E-state index contributed by atoms with van der Waals surface area (Å²) in [6.07, 6.45) is 2.25. The predicted octanol–water partition coefficient (Wildman–Crippen LogP) is 4.15. The lowest BCUT2D eigenvalue weighted by Gasteiger charge is -2.55. The van der Waals surface area contributed by atoms with Crippen LogP contribution in [0, 0.1) is 5.41 Å². The fourth-order valence-electron chi connectivity index (χ4n) is 4.01. The lowest BCUT2D eigenvalue weighted by atomic mass is 9.80. The van der Waals surface area contributed by atoms with E-state index in [0.717, 1.165) is 19.3 Å². The first kappa shape index (κ1) is 17.9. The summed E-state index contributed by atoms with van der Waals surface area (Å²) in [5.74, 6) is 0. The molecule has 0 saturated carbocycles. The van der Waals surface area contributed by atoms with Gasteiger partial charge in [-0.3, -0.25) is 4.84 Å². The Kier molecular flexibility index (Phi) is 4.71. The van der Waals surface area contributed by atoms with Gasteiger partial charge < -0.3 is 5.11 Å². The first-order chi connectivity index (χ1) is 8.65. The van der Waals surface area contributed by atoms with Crippen molar-refractivity contribution in [3.63, 3.8) is 0 Å². The molecule has 120 valence electrons. The molecule has 1 saturated heterocycles. The second-order valence-corrected chi connectivity index (χ2v) is 9.57. The number of aliphatic hydroxyl groups is 1. The van der Waals surface area contributed by atoms with Crippen molar-refractivity contribution in [3.05, 3.63) is 0 Å². The molecule has 1 heterocycles. The van der Waals surface area contributed by atoms with Crippen LogP contribution in [-0.4, -0.2) is 33.0 Å². The van der Waals surface area contributed by atoms with Crippen molar-refractivity contribution in [3.8, 4) is 0 Å². The van der Waals surface area contributed by atoms with Crippen molar-refractivity contribution in [2.75, 3.05) is 0 Å². The summed E-state index contributed by atoms with van der Waals surface area (Å²) in [5.41, 5.74) is -0.297. The van der Waals surface area contributed by atoms with Crippen LogP contribution in [-0.2, 0) is 4.84 Å². The van der Waals surface area contributed by atoms with Gasteiger partial charge >= 0.3 is 0 Å². The molecule has 1 aliphatic rings. The predicted molar refractivity (Wildman–Crippen MR) is 84.5 cm³/mol. The van der Waals surface area contributed by atoms with Crippen LogP contribution < -0.4 is 0 Å². The summed E-state index contributed by atoms with van der Waals surface area (Å²) in [5, 5.41) is 12.2. The van der Waals surface area contributed by atoms with Crippen molar-refractivity contribution in [2.24, 2.45) is 5.41 Å². The van der Waals surface area contributed by atoms with Gasteiger partial charge in [0.2, 0.25) is 0 Å². The molecule has 20 heavy (non-hydrogen) atoms. The molecular formula is C17H35NO2. The Bertz CT molecular complexity index is 321. The van der Waals surface area contributed by atoms with Crippen LogP contribution in [0.1, 0.15) is 81.6 Å². The Hall–Kier alpha value is -0.120. The average Bonchev–Trinajstić information content (AvgIpc) is 2.05. The van der Waals surface area contributed by atoms with Crippen LogP contribution in [0.5, 0.6) is 0 Å². The summed E-state index contributed by atoms with van der Waals surface area (Å²) in [4.78, 5) is 6.46. The first-order valence-electron chi connectivity index (χ1n) is 7.82. The SMILES string of the molecule is CC(C)(C)CC(C)(C)ON1C(C)(C)CC(O)CC1(C)C. The van der Waals surface area contributed by atoms with Gasteiger partial charge in [-0.2, -0.15) is 5.06 Å². The number of rotatable bonds is 3. The molecule has 0 aromatic heterocycles. The quantitative estimate of drug-likeness (QED) is 0.845. The van der Waals surface area contributed by atoms with E-state index in [1.807, 2.05) is 0 Å². The average molecular weight is 285 g/mol. The Morgan fingerprint density at radius 3 is 1.75 bits per heavy atom. The molecule has 1 fully saturated rings. The summed E-state index contributed by atoms with van der Waals surface area (Å²) < 4.78 is 0. The zero-order valence-corrected chi connectivity index (χ0v) is 15.0. The minimum atomic E-state index is -0.245. The minimum absolute atomic E-state index is 0.156. The van der Waals surface area contributed by atoms with Crippen molar-refractivity contribution >= 4 is 0 Å². The second-order valence-electron chi connectivity index (χ2n) is 9.57. The van der Waals surface area contributed by atoms with E-state index in [0.29, 0.717) is 0 Å². The highest BCUT2D eigenvalue weighted by Crippen LogP contribution is 2.42. The maximum atomic E-state index is 10.1. The number of aliphatic hydroxyl groups excluding tert-OH is 1. The zero-order valence-electron chi connectivity index (χ0n) is 15.0. The highest BCUT2D eigenvalue weighted by Gasteiger charge is 2.48. The van der Waals surface area contributed by atoms with Crippen LogP contribution >= 0.6 is 0 Å². The van der Waals surface area contributed by atoms with Gasteiger partial charge in [-0.05, 0) is 66.2 Å². The lowest BCUT2D eigenvalue weighted by molar-refractivity contribution is -0.340. The molecule has 3 nitrogen and oxygen atoms in total. The van der Waals surface area contributed by atoms with Gasteiger partial charge in [-0.1, -0.05) is 20.8 Å². The standard InChI is InChI=1S/C17H35NO2/c1-14(2,3)12-17(8,9)20-18-15(4,5)10-13(19)11-16(18,6)7/h13,19H,10-12H2,1-9H3. The molecular weight excluding hydrogens is 250 g/mol. The third kappa shape index (κ3) is 4.71. The highest BCUT2D eigenvalue weighted by molar-refractivity contribution is 4.97. The molecule has 0 bridgehead atoms. The molecule has 0 radical (unpaired) electrons. The van der Waals surface area contributed by atoms with Crippen LogP contribution in [0.2, 0.25) is 0 Å². The number of nitrogens with zero attached hydrogens (tertiary/aromatic N) is 1. The van der Waals surface area contributed by atoms with E-state index in [9.17, 15) is 5.11 Å². The summed E-state index contributed by atoms with van der Waals surface area (Å²) in [7, 11) is 0. The maximum Gasteiger partial charge on any atom is 0.0849 e. The van der Waals surface area contributed by atoms with Crippen molar-refractivity contribution in [1.29, 1.82) is 0 Å². The molecule has 0 unspecified atom stereocenters. The van der Waals surface area contributed by atoms with Crippen LogP contribution in [0.15, 0.2) is 0 Å². The molecule has 0 atom stereocenters. The highest BCUT2D eigenvalue weighted by atomic mass is 16.7. The van der Waals surface area contributed by atoms with E-state index in [1.165, 1.54) is 0 Å². The number of piperidine rings is 1. The monoisotopic (exact) mass is 285 g/mol. The molecule has 1 rings (SSSR count). The second kappa shape index (κ2) is 5.26. The summed E-state index contributed by atoms with van der Waals surface area (Å²) in [6, 6.07) is 0. The van der Waals surface area contributed by atoms with Gasteiger partial charge in [0, 0.05) is 11.1 Å². The molecule has 0 aromatic carbocycles. The molecule has 0 spiro atoms. The largest absolute Gasteiger partial charge is 0.393 e. The zero-order chi connectivity index (χ0) is 16.0. The van der Waals surface area contributed by atoms with Crippen LogP contribution in [0.25, 0.3) is 0 Å². The third-order valence-corrected chi connectivity index (χ3v) is 3.86. The fraction of sp³-hybridized carbons (Fsp3) is 1.00. The molecule has 0 aromatic rings. The van der Waals surface area contributed by atoms with Gasteiger partial charge in [-0.25, -0.2) is 0 Å². The summed E-state index contributed by atoms with van der Waals surface area (Å²) >= 11 is 0. The normalized spacial score (nSPS) is 24.9. The fourth-order valence-corrected chi connectivity index (χ4v) is 4.01. The Morgan fingerprint density at radius 1 is 1.00 bits per heavy atom. The Labute approximate surface area is 125 Å². The number of hydrogen-bond donors (Lipinski definition) is 1. The van der Waals surface area contributed by atoms with E-state index in [-0.39, 0.29) is 28.2 Å². The van der Waals surface area contributed by atoms with Crippen molar-refractivity contribution in [2.45, 2.75) is 104 Å². The number of hydroxylamine groups is 2. The molecule has 3 heteroatoms. The smallest absolute Gasteiger partial charge is 0.0849 e. The lowest BCUT2D eigenvalue weighted by Crippen LogP contribution is -2.63. The third-order valence-electron chi connectivity index (χ3n) is 3.86. The number of hydrogen-bond acceptors (Lipinski definition) is 3. The molecule has 1 aliphatic heterocycles. The van der Waals surface area contributed by atoms with E-state index in [2.05, 4.69) is 67.4 Å². The topological polar surface area (TPSA) is 32.7 Å². The molecule has 0 aliphatic carbocycles. The van der Waals surface area contributed by atoms with Crippen molar-refractivity contribution in [1.82, 2.24) is 5.06 Å². The molecule has 0 amide bonds. The van der Waals surface area contributed by atoms with E-state index in [4.69, 9.17) is 4.84 Å². The van der Waals surface area contributed by atoms with Gasteiger partial charge in [0.05, 0.1) is 11.7 Å². The van der Waals surface area contributed by atoms with E-state index < -0.39 is 0 Å². The van der Waals surface area contributed by atoms with Crippen LogP contribution in [0.3, 0.4) is 0 Å². The maximum absolute atomic E-state index is 10.1. The van der Waals surface area contributed by atoms with Gasteiger partial charge in [0.1, 0.15) is 0 Å². The Morgan fingerprint density at radius 2 is 1.40 bits per heavy atom.